The molecule has 0 bridgehead atoms. The summed E-state index contributed by atoms with van der Waals surface area (Å²) in [4.78, 5) is 16.4. The fraction of sp³-hybridized carbons (Fsp3) is 0.562. The average molecular weight is 289 g/mol. The van der Waals surface area contributed by atoms with Gasteiger partial charge in [0.1, 0.15) is 0 Å². The van der Waals surface area contributed by atoms with Crippen molar-refractivity contribution in [1.29, 1.82) is 0 Å². The van der Waals surface area contributed by atoms with Gasteiger partial charge in [-0.2, -0.15) is 0 Å². The highest BCUT2D eigenvalue weighted by Gasteiger charge is 2.27. The number of hydrogen-bond donors (Lipinski definition) is 1. The van der Waals surface area contributed by atoms with Crippen LogP contribution in [0.1, 0.15) is 25.3 Å². The smallest absolute Gasteiger partial charge is 0.410 e. The maximum Gasteiger partial charge on any atom is 0.410 e. The van der Waals surface area contributed by atoms with Crippen LogP contribution >= 0.6 is 0 Å². The molecule has 0 saturated carbocycles. The van der Waals surface area contributed by atoms with Crippen molar-refractivity contribution < 1.29 is 9.53 Å². The number of unbranched alkanes of at least 4 members (excludes halogenated alkanes) is 1. The third-order valence-electron chi connectivity index (χ3n) is 4.12. The van der Waals surface area contributed by atoms with Crippen molar-refractivity contribution in [1.82, 2.24) is 4.90 Å². The lowest BCUT2D eigenvalue weighted by Gasteiger charge is -2.32. The molecule has 0 aromatic heterocycles. The second-order valence-corrected chi connectivity index (χ2v) is 5.62. The van der Waals surface area contributed by atoms with Crippen LogP contribution in [0.15, 0.2) is 18.2 Å². The third-order valence-corrected chi connectivity index (χ3v) is 4.12. The van der Waals surface area contributed by atoms with Gasteiger partial charge in [-0.05, 0) is 18.1 Å². The summed E-state index contributed by atoms with van der Waals surface area (Å²) < 4.78 is 5.36. The topological polar surface area (TPSA) is 44.8 Å². The first kappa shape index (κ1) is 14.0. The van der Waals surface area contributed by atoms with Crippen LogP contribution in [0.25, 0.3) is 0 Å². The standard InChI is InChI=1S/C16H23N3O2/c1-2-3-11-21-16(20)19-10-9-18-8-7-17-14-6-4-5-13(12-19)15(14)18/h4-6,17H,2-3,7-12H2,1H3. The van der Waals surface area contributed by atoms with Crippen LogP contribution in [-0.4, -0.2) is 43.8 Å². The zero-order valence-corrected chi connectivity index (χ0v) is 12.6. The molecule has 0 fully saturated rings. The van der Waals surface area contributed by atoms with Crippen molar-refractivity contribution in [3.05, 3.63) is 23.8 Å². The maximum atomic E-state index is 12.2. The number of hydrogen-bond acceptors (Lipinski definition) is 4. The number of para-hydroxylation sites is 1. The van der Waals surface area contributed by atoms with E-state index in [1.807, 2.05) is 4.90 Å². The molecule has 114 valence electrons. The van der Waals surface area contributed by atoms with Gasteiger partial charge in [0.25, 0.3) is 0 Å². The third kappa shape index (κ3) is 2.91. The molecular weight excluding hydrogens is 266 g/mol. The number of nitrogens with one attached hydrogen (secondary N) is 1. The summed E-state index contributed by atoms with van der Waals surface area (Å²) in [6.45, 7) is 6.78. The Morgan fingerprint density at radius 3 is 3.10 bits per heavy atom. The minimum atomic E-state index is -0.186. The molecule has 0 radical (unpaired) electrons. The molecule has 0 aliphatic carbocycles. The van der Waals surface area contributed by atoms with Gasteiger partial charge in [0.15, 0.2) is 0 Å². The number of anilines is 2. The molecular formula is C16H23N3O2. The van der Waals surface area contributed by atoms with Crippen molar-refractivity contribution in [2.75, 3.05) is 43.0 Å². The number of nitrogens with zero attached hydrogens (tertiary/aromatic N) is 2. The first-order chi connectivity index (χ1) is 10.3. The van der Waals surface area contributed by atoms with Crippen LogP contribution in [0.4, 0.5) is 16.2 Å². The van der Waals surface area contributed by atoms with Crippen LogP contribution in [0.3, 0.4) is 0 Å². The Morgan fingerprint density at radius 2 is 2.24 bits per heavy atom. The van der Waals surface area contributed by atoms with E-state index in [1.165, 1.54) is 16.9 Å². The van der Waals surface area contributed by atoms with Gasteiger partial charge in [0.05, 0.1) is 24.5 Å². The van der Waals surface area contributed by atoms with E-state index in [4.69, 9.17) is 4.74 Å². The summed E-state index contributed by atoms with van der Waals surface area (Å²) in [5, 5.41) is 3.44. The van der Waals surface area contributed by atoms with Gasteiger partial charge < -0.3 is 19.9 Å². The molecule has 1 amide bonds. The zero-order valence-electron chi connectivity index (χ0n) is 12.6. The summed E-state index contributed by atoms with van der Waals surface area (Å²) in [7, 11) is 0. The van der Waals surface area contributed by atoms with E-state index in [2.05, 4.69) is 35.3 Å². The predicted molar refractivity (Wildman–Crippen MR) is 83.8 cm³/mol. The van der Waals surface area contributed by atoms with Crippen molar-refractivity contribution in [3.63, 3.8) is 0 Å². The quantitative estimate of drug-likeness (QED) is 0.869. The molecule has 0 atom stereocenters. The fourth-order valence-electron chi connectivity index (χ4n) is 2.97. The first-order valence-corrected chi connectivity index (χ1v) is 7.82. The van der Waals surface area contributed by atoms with Gasteiger partial charge in [0, 0.05) is 26.2 Å². The Labute approximate surface area is 125 Å². The minimum absolute atomic E-state index is 0.186. The highest BCUT2D eigenvalue weighted by atomic mass is 16.6. The SMILES string of the molecule is CCCCOC(=O)N1CCN2CCNc3cccc(c32)C1. The molecule has 5 nitrogen and oxygen atoms in total. The van der Waals surface area contributed by atoms with E-state index in [1.54, 1.807) is 0 Å². The van der Waals surface area contributed by atoms with Crippen LogP contribution in [0, 0.1) is 0 Å². The summed E-state index contributed by atoms with van der Waals surface area (Å²) in [6, 6.07) is 6.27. The normalized spacial score (nSPS) is 16.8. The van der Waals surface area contributed by atoms with E-state index >= 15 is 0 Å². The molecule has 0 unspecified atom stereocenters. The highest BCUT2D eigenvalue weighted by molar-refractivity contribution is 5.77. The van der Waals surface area contributed by atoms with Crippen molar-refractivity contribution in [2.45, 2.75) is 26.3 Å². The van der Waals surface area contributed by atoms with Gasteiger partial charge in [-0.15, -0.1) is 0 Å². The summed E-state index contributed by atoms with van der Waals surface area (Å²) in [5.41, 5.74) is 3.64. The molecule has 1 N–H and O–H groups in total. The minimum Gasteiger partial charge on any atom is -0.449 e. The van der Waals surface area contributed by atoms with Gasteiger partial charge in [0.2, 0.25) is 0 Å². The van der Waals surface area contributed by atoms with Crippen molar-refractivity contribution >= 4 is 17.5 Å². The Kier molecular flexibility index (Phi) is 4.18. The molecule has 1 aromatic carbocycles. The lowest BCUT2D eigenvalue weighted by Crippen LogP contribution is -2.39. The lowest BCUT2D eigenvalue weighted by molar-refractivity contribution is 0.100. The lowest BCUT2D eigenvalue weighted by atomic mass is 10.1. The number of rotatable bonds is 3. The van der Waals surface area contributed by atoms with Crippen molar-refractivity contribution in [2.24, 2.45) is 0 Å². The number of carbonyl (C=O) groups is 1. The monoisotopic (exact) mass is 289 g/mol. The van der Waals surface area contributed by atoms with Crippen LogP contribution in [0.5, 0.6) is 0 Å². The Morgan fingerprint density at radius 1 is 1.33 bits per heavy atom. The number of carbonyl (C=O) groups excluding carboxylic acids is 1. The number of ether oxygens (including phenoxy) is 1. The molecule has 1 aromatic rings. The van der Waals surface area contributed by atoms with Gasteiger partial charge in [-0.25, -0.2) is 4.79 Å². The van der Waals surface area contributed by atoms with Crippen molar-refractivity contribution in [3.8, 4) is 0 Å². The van der Waals surface area contributed by atoms with E-state index in [0.29, 0.717) is 13.2 Å². The predicted octanol–water partition coefficient (Wildman–Crippen LogP) is 2.67. The molecule has 0 saturated heterocycles. The zero-order chi connectivity index (χ0) is 14.7. The average Bonchev–Trinajstić information content (AvgIpc) is 2.69. The second-order valence-electron chi connectivity index (χ2n) is 5.62. The maximum absolute atomic E-state index is 12.2. The fourth-order valence-corrected chi connectivity index (χ4v) is 2.97. The second kappa shape index (κ2) is 6.24. The first-order valence-electron chi connectivity index (χ1n) is 7.82. The van der Waals surface area contributed by atoms with E-state index in [9.17, 15) is 4.79 Å². The summed E-state index contributed by atoms with van der Waals surface area (Å²) >= 11 is 0. The Bertz CT molecular complexity index is 518. The van der Waals surface area contributed by atoms with E-state index in [-0.39, 0.29) is 6.09 Å². The summed E-state index contributed by atoms with van der Waals surface area (Å²) in [5.74, 6) is 0. The van der Waals surface area contributed by atoms with Gasteiger partial charge in [-0.3, -0.25) is 0 Å². The largest absolute Gasteiger partial charge is 0.449 e. The molecule has 0 spiro atoms. The molecule has 3 rings (SSSR count). The number of amides is 1. The summed E-state index contributed by atoms with van der Waals surface area (Å²) in [6.07, 6.45) is 1.78. The van der Waals surface area contributed by atoms with Crippen LogP contribution < -0.4 is 10.2 Å². The number of benzene rings is 1. The van der Waals surface area contributed by atoms with E-state index in [0.717, 1.165) is 39.0 Å². The molecule has 2 aliphatic heterocycles. The molecule has 5 heteroatoms. The Balaban J connectivity index is 1.76. The molecule has 2 heterocycles. The van der Waals surface area contributed by atoms with Crippen LogP contribution in [0.2, 0.25) is 0 Å². The highest BCUT2D eigenvalue weighted by Crippen LogP contribution is 2.35. The van der Waals surface area contributed by atoms with E-state index < -0.39 is 0 Å². The Hall–Kier alpha value is -1.91. The van der Waals surface area contributed by atoms with Gasteiger partial charge >= 0.3 is 6.09 Å². The van der Waals surface area contributed by atoms with Gasteiger partial charge in [-0.1, -0.05) is 25.5 Å². The molecule has 2 aliphatic rings. The molecule has 21 heavy (non-hydrogen) atoms. The van der Waals surface area contributed by atoms with Crippen LogP contribution in [-0.2, 0) is 11.3 Å².